The molecule has 3 aromatic rings. The number of piperidine rings is 1. The van der Waals surface area contributed by atoms with Gasteiger partial charge in [-0.05, 0) is 63.5 Å². The largest absolute Gasteiger partial charge is 0.450 e. The van der Waals surface area contributed by atoms with Crippen molar-refractivity contribution < 1.29 is 23.1 Å². The van der Waals surface area contributed by atoms with Crippen LogP contribution in [0.2, 0.25) is 0 Å². The second-order valence-corrected chi connectivity index (χ2v) is 11.1. The van der Waals surface area contributed by atoms with Crippen LogP contribution in [0.25, 0.3) is 22.1 Å². The minimum atomic E-state index is -1.97. The predicted octanol–water partition coefficient (Wildman–Crippen LogP) is 4.36. The quantitative estimate of drug-likeness (QED) is 0.381. The van der Waals surface area contributed by atoms with Crippen LogP contribution in [0.15, 0.2) is 28.7 Å². The van der Waals surface area contributed by atoms with Crippen molar-refractivity contribution >= 4 is 39.7 Å². The minimum absolute atomic E-state index is 0.0642. The van der Waals surface area contributed by atoms with Crippen molar-refractivity contribution in [1.29, 1.82) is 0 Å². The zero-order valence-corrected chi connectivity index (χ0v) is 22.8. The van der Waals surface area contributed by atoms with E-state index in [1.54, 1.807) is 4.90 Å². The molecule has 2 amide bonds. The Morgan fingerprint density at radius 2 is 1.90 bits per heavy atom. The first kappa shape index (κ1) is 27.3. The smallest absolute Gasteiger partial charge is 0.259 e. The Kier molecular flexibility index (Phi) is 8.02. The maximum absolute atomic E-state index is 15.4. The molecule has 2 fully saturated rings. The van der Waals surface area contributed by atoms with Gasteiger partial charge in [0.25, 0.3) is 5.91 Å². The van der Waals surface area contributed by atoms with Crippen LogP contribution >= 0.6 is 0 Å². The molecule has 0 spiro atoms. The van der Waals surface area contributed by atoms with Crippen molar-refractivity contribution in [2.24, 2.45) is 17.6 Å². The van der Waals surface area contributed by atoms with Crippen LogP contribution in [0.5, 0.6) is 0 Å². The molecule has 2 aromatic heterocycles. The third-order valence-corrected chi connectivity index (χ3v) is 8.25. The van der Waals surface area contributed by atoms with Gasteiger partial charge in [0.15, 0.2) is 22.9 Å². The highest BCUT2D eigenvalue weighted by Crippen LogP contribution is 2.34. The lowest BCUT2D eigenvalue weighted by Gasteiger charge is -2.36. The number of hydrogen-bond acceptors (Lipinski definition) is 7. The third kappa shape index (κ3) is 5.85. The first-order chi connectivity index (χ1) is 18.7. The number of benzene rings is 1. The highest BCUT2D eigenvalue weighted by atomic mass is 19.1. The number of ether oxygens (including phenoxy) is 1. The van der Waals surface area contributed by atoms with Crippen LogP contribution in [0.3, 0.4) is 0 Å². The number of para-hydroxylation sites is 1. The van der Waals surface area contributed by atoms with E-state index in [0.717, 1.165) is 48.2 Å². The number of halogens is 1. The molecule has 4 heterocycles. The number of alkyl halides is 1. The monoisotopic (exact) mass is 539 g/mol. The van der Waals surface area contributed by atoms with Crippen molar-refractivity contribution in [3.05, 3.63) is 30.1 Å². The highest BCUT2D eigenvalue weighted by Gasteiger charge is 2.38. The number of likely N-dealkylation sites (tertiary alicyclic amines) is 1. The fourth-order valence-electron chi connectivity index (χ4n) is 5.77. The Bertz CT molecular complexity index is 1330. The van der Waals surface area contributed by atoms with Crippen molar-refractivity contribution in [3.8, 4) is 0 Å². The van der Waals surface area contributed by atoms with Gasteiger partial charge in [0.1, 0.15) is 17.7 Å². The first-order valence-corrected chi connectivity index (χ1v) is 14.0. The van der Waals surface area contributed by atoms with Gasteiger partial charge in [-0.2, -0.15) is 0 Å². The van der Waals surface area contributed by atoms with Gasteiger partial charge in [0.05, 0.1) is 0 Å². The van der Waals surface area contributed by atoms with Gasteiger partial charge in [0, 0.05) is 44.1 Å². The number of fused-ring (bicyclic) bond motifs is 3. The number of nitrogens with two attached hydrogens (primary N) is 1. The van der Waals surface area contributed by atoms with Gasteiger partial charge >= 0.3 is 0 Å². The van der Waals surface area contributed by atoms with E-state index in [1.165, 1.54) is 6.92 Å². The van der Waals surface area contributed by atoms with Crippen LogP contribution < -0.4 is 10.6 Å². The van der Waals surface area contributed by atoms with Crippen LogP contribution in [0, 0.1) is 11.8 Å². The zero-order valence-electron chi connectivity index (χ0n) is 22.8. The molecule has 39 heavy (non-hydrogen) atoms. The summed E-state index contributed by atoms with van der Waals surface area (Å²) in [6.07, 6.45) is 4.00. The second-order valence-electron chi connectivity index (χ2n) is 11.1. The Morgan fingerprint density at radius 3 is 2.62 bits per heavy atom. The minimum Gasteiger partial charge on any atom is -0.450 e. The molecule has 1 aromatic carbocycles. The summed E-state index contributed by atoms with van der Waals surface area (Å²) in [5, 5.41) is 0.941. The van der Waals surface area contributed by atoms with Crippen molar-refractivity contribution in [3.63, 3.8) is 0 Å². The van der Waals surface area contributed by atoms with Crippen molar-refractivity contribution in [2.45, 2.75) is 64.6 Å². The van der Waals surface area contributed by atoms with E-state index in [0.29, 0.717) is 43.8 Å². The molecule has 10 heteroatoms. The van der Waals surface area contributed by atoms with E-state index in [2.05, 4.69) is 4.90 Å². The van der Waals surface area contributed by atoms with Gasteiger partial charge in [0.2, 0.25) is 5.91 Å². The number of hydrogen-bond donors (Lipinski definition) is 1. The number of carbonyl (C=O) groups excluding carboxylic acids is 2. The summed E-state index contributed by atoms with van der Waals surface area (Å²) in [7, 11) is 0. The molecule has 0 saturated carbocycles. The number of primary amides is 1. The summed E-state index contributed by atoms with van der Waals surface area (Å²) in [4.78, 5) is 37.7. The number of anilines is 1. The topological polar surface area (TPSA) is 115 Å². The molecule has 5 rings (SSSR count). The second kappa shape index (κ2) is 11.5. The fraction of sp³-hybridized carbons (Fsp3) is 0.586. The zero-order chi connectivity index (χ0) is 27.6. The predicted molar refractivity (Wildman–Crippen MR) is 147 cm³/mol. The normalized spacial score (nSPS) is 19.1. The molecule has 2 aliphatic heterocycles. The SMILES string of the molecule is CC(C(N)=O)C1CCN(C(=O)C(C)(F)CCCOCc2nc(N3CCCC3)c3oc4ccccc4c3n2)CC1. The van der Waals surface area contributed by atoms with Gasteiger partial charge in [-0.3, -0.25) is 9.59 Å². The van der Waals surface area contributed by atoms with Gasteiger partial charge in [-0.1, -0.05) is 19.1 Å². The van der Waals surface area contributed by atoms with E-state index >= 15 is 4.39 Å². The Labute approximate surface area is 227 Å². The molecule has 2 unspecified atom stereocenters. The number of furan rings is 1. The van der Waals surface area contributed by atoms with E-state index in [1.807, 2.05) is 31.2 Å². The number of rotatable bonds is 10. The fourth-order valence-corrected chi connectivity index (χ4v) is 5.77. The number of aromatic nitrogens is 2. The average molecular weight is 540 g/mol. The molecule has 2 atom stereocenters. The number of amides is 2. The lowest BCUT2D eigenvalue weighted by molar-refractivity contribution is -0.145. The van der Waals surface area contributed by atoms with E-state index in [4.69, 9.17) is 24.9 Å². The van der Waals surface area contributed by atoms with Crippen molar-refractivity contribution in [1.82, 2.24) is 14.9 Å². The molecule has 0 radical (unpaired) electrons. The molecule has 0 bridgehead atoms. The number of carbonyl (C=O) groups is 2. The van der Waals surface area contributed by atoms with Crippen LogP contribution in [-0.2, 0) is 20.9 Å². The summed E-state index contributed by atoms with van der Waals surface area (Å²) < 4.78 is 27.3. The lowest BCUT2D eigenvalue weighted by Crippen LogP contribution is -2.49. The summed E-state index contributed by atoms with van der Waals surface area (Å²) in [5.41, 5.74) is 5.69. The highest BCUT2D eigenvalue weighted by molar-refractivity contribution is 6.05. The van der Waals surface area contributed by atoms with Gasteiger partial charge in [-0.15, -0.1) is 0 Å². The average Bonchev–Trinajstić information content (AvgIpc) is 3.60. The van der Waals surface area contributed by atoms with E-state index in [-0.39, 0.29) is 37.4 Å². The summed E-state index contributed by atoms with van der Waals surface area (Å²) in [6, 6.07) is 7.82. The Balaban J connectivity index is 1.16. The summed E-state index contributed by atoms with van der Waals surface area (Å²) in [6.45, 7) is 6.38. The van der Waals surface area contributed by atoms with Gasteiger partial charge in [-0.25, -0.2) is 14.4 Å². The molecule has 2 N–H and O–H groups in total. The third-order valence-electron chi connectivity index (χ3n) is 8.25. The first-order valence-electron chi connectivity index (χ1n) is 14.0. The molecule has 2 aliphatic rings. The lowest BCUT2D eigenvalue weighted by atomic mass is 9.84. The Hall–Kier alpha value is -3.27. The maximum Gasteiger partial charge on any atom is 0.259 e. The summed E-state index contributed by atoms with van der Waals surface area (Å²) >= 11 is 0. The van der Waals surface area contributed by atoms with E-state index in [9.17, 15) is 9.59 Å². The molecular formula is C29H38FN5O4. The molecule has 0 aliphatic carbocycles. The number of nitrogens with zero attached hydrogens (tertiary/aromatic N) is 4. The Morgan fingerprint density at radius 1 is 1.18 bits per heavy atom. The summed E-state index contributed by atoms with van der Waals surface area (Å²) in [5.74, 6) is 0.429. The maximum atomic E-state index is 15.4. The standard InChI is InChI=1S/C29H38FN5O4/c1-19(26(31)36)20-10-15-35(16-11-20)28(37)29(2,30)12-7-17-38-18-23-32-24-21-8-3-4-9-22(21)39-25(24)27(33-23)34-13-5-6-14-34/h3-4,8-9,19-20H,5-7,10-18H2,1-2H3,(H2,31,36). The van der Waals surface area contributed by atoms with E-state index < -0.39 is 11.6 Å². The van der Waals surface area contributed by atoms with Gasteiger partial charge < -0.3 is 24.7 Å². The molecular weight excluding hydrogens is 501 g/mol. The van der Waals surface area contributed by atoms with Crippen LogP contribution in [0.4, 0.5) is 10.2 Å². The van der Waals surface area contributed by atoms with Crippen LogP contribution in [-0.4, -0.2) is 65.1 Å². The van der Waals surface area contributed by atoms with Crippen LogP contribution in [0.1, 0.15) is 58.2 Å². The molecule has 2 saturated heterocycles. The van der Waals surface area contributed by atoms with Crippen molar-refractivity contribution in [2.75, 3.05) is 37.7 Å². The molecule has 9 nitrogen and oxygen atoms in total. The molecule has 210 valence electrons.